The number of ether oxygens (including phenoxy) is 1. The van der Waals surface area contributed by atoms with Crippen molar-refractivity contribution in [3.8, 4) is 17.0 Å². The molecule has 0 aliphatic carbocycles. The molecule has 0 unspecified atom stereocenters. The van der Waals surface area contributed by atoms with E-state index in [1.165, 1.54) is 0 Å². The normalized spacial score (nSPS) is 10.7. The lowest BCUT2D eigenvalue weighted by Crippen LogP contribution is -1.98. The standard InChI is InChI=1S/C18H14N5O/c1-24-17-8-7-14(11-19-17)21-16-9-10-23-18(22-16)15(12-20-23)13-5-3-2-4-6-13/h2-3,5-12H,1H3,(H,21,22). The molecule has 117 valence electrons. The highest BCUT2D eigenvalue weighted by Gasteiger charge is 2.09. The third-order valence-corrected chi connectivity index (χ3v) is 3.61. The Morgan fingerprint density at radius 1 is 1.17 bits per heavy atom. The number of hydrogen-bond donors (Lipinski definition) is 1. The first-order valence-corrected chi connectivity index (χ1v) is 7.41. The van der Waals surface area contributed by atoms with Crippen molar-refractivity contribution >= 4 is 17.2 Å². The van der Waals surface area contributed by atoms with Gasteiger partial charge in [-0.2, -0.15) is 5.10 Å². The minimum absolute atomic E-state index is 0.572. The highest BCUT2D eigenvalue weighted by Crippen LogP contribution is 2.24. The molecule has 0 aliphatic heterocycles. The van der Waals surface area contributed by atoms with E-state index in [9.17, 15) is 0 Å². The number of fused-ring (bicyclic) bond motifs is 1. The Kier molecular flexibility index (Phi) is 3.55. The molecular formula is C18H14N5O. The number of nitrogens with zero attached hydrogens (tertiary/aromatic N) is 4. The molecule has 3 aromatic heterocycles. The Bertz CT molecular complexity index is 964. The van der Waals surface area contributed by atoms with Crippen LogP contribution in [0.3, 0.4) is 0 Å². The van der Waals surface area contributed by atoms with Crippen molar-refractivity contribution < 1.29 is 4.74 Å². The fraction of sp³-hybridized carbons (Fsp3) is 0.0556. The van der Waals surface area contributed by atoms with Gasteiger partial charge in [0.2, 0.25) is 5.88 Å². The van der Waals surface area contributed by atoms with E-state index in [1.807, 2.05) is 48.8 Å². The molecule has 1 radical (unpaired) electrons. The smallest absolute Gasteiger partial charge is 0.213 e. The average molecular weight is 316 g/mol. The van der Waals surface area contributed by atoms with Gasteiger partial charge < -0.3 is 10.1 Å². The van der Waals surface area contributed by atoms with Gasteiger partial charge >= 0.3 is 0 Å². The highest BCUT2D eigenvalue weighted by molar-refractivity contribution is 5.77. The van der Waals surface area contributed by atoms with Gasteiger partial charge in [0.1, 0.15) is 5.82 Å². The molecule has 0 saturated heterocycles. The molecule has 0 spiro atoms. The summed E-state index contributed by atoms with van der Waals surface area (Å²) < 4.78 is 6.81. The van der Waals surface area contributed by atoms with Gasteiger partial charge in [-0.25, -0.2) is 14.5 Å². The second-order valence-corrected chi connectivity index (χ2v) is 5.15. The molecule has 1 aromatic carbocycles. The number of aromatic nitrogens is 4. The van der Waals surface area contributed by atoms with Crippen LogP contribution in [0.1, 0.15) is 0 Å². The fourth-order valence-electron chi connectivity index (χ4n) is 2.43. The third kappa shape index (κ3) is 2.65. The second kappa shape index (κ2) is 6.00. The van der Waals surface area contributed by atoms with Gasteiger partial charge in [-0.15, -0.1) is 0 Å². The van der Waals surface area contributed by atoms with Crippen LogP contribution in [-0.4, -0.2) is 26.7 Å². The molecular weight excluding hydrogens is 302 g/mol. The molecule has 0 bridgehead atoms. The van der Waals surface area contributed by atoms with Gasteiger partial charge in [-0.1, -0.05) is 18.2 Å². The third-order valence-electron chi connectivity index (χ3n) is 3.61. The summed E-state index contributed by atoms with van der Waals surface area (Å²) in [5.41, 5.74) is 3.61. The maximum Gasteiger partial charge on any atom is 0.213 e. The SMILES string of the molecule is COc1ccc(Nc2ccn3ncc(-c4c[c]ccc4)c3n2)cn1. The number of benzene rings is 1. The van der Waals surface area contributed by atoms with Crippen molar-refractivity contribution in [2.75, 3.05) is 12.4 Å². The topological polar surface area (TPSA) is 64.3 Å². The van der Waals surface area contributed by atoms with Crippen molar-refractivity contribution in [1.29, 1.82) is 0 Å². The Balaban J connectivity index is 1.69. The summed E-state index contributed by atoms with van der Waals surface area (Å²) in [5, 5.41) is 7.59. The number of anilines is 2. The predicted octanol–water partition coefficient (Wildman–Crippen LogP) is 3.34. The van der Waals surface area contributed by atoms with Gasteiger partial charge in [0.15, 0.2) is 5.65 Å². The summed E-state index contributed by atoms with van der Waals surface area (Å²) in [7, 11) is 1.59. The van der Waals surface area contributed by atoms with E-state index in [2.05, 4.69) is 26.4 Å². The van der Waals surface area contributed by atoms with Crippen molar-refractivity contribution in [1.82, 2.24) is 19.6 Å². The quantitative estimate of drug-likeness (QED) is 0.625. The number of hydrogen-bond acceptors (Lipinski definition) is 5. The molecule has 6 nitrogen and oxygen atoms in total. The van der Waals surface area contributed by atoms with Crippen LogP contribution in [0.5, 0.6) is 5.88 Å². The Morgan fingerprint density at radius 2 is 2.12 bits per heavy atom. The molecule has 6 heteroatoms. The van der Waals surface area contributed by atoms with Crippen LogP contribution in [0, 0.1) is 6.07 Å². The molecule has 0 saturated carbocycles. The lowest BCUT2D eigenvalue weighted by molar-refractivity contribution is 0.398. The zero-order chi connectivity index (χ0) is 16.4. The van der Waals surface area contributed by atoms with Crippen molar-refractivity contribution in [3.63, 3.8) is 0 Å². The molecule has 0 amide bonds. The van der Waals surface area contributed by atoms with Gasteiger partial charge in [0.25, 0.3) is 0 Å². The predicted molar refractivity (Wildman–Crippen MR) is 91.3 cm³/mol. The van der Waals surface area contributed by atoms with Crippen LogP contribution in [0.15, 0.2) is 61.1 Å². The molecule has 0 atom stereocenters. The van der Waals surface area contributed by atoms with Crippen LogP contribution in [0.4, 0.5) is 11.5 Å². The summed E-state index contributed by atoms with van der Waals surface area (Å²) in [6.07, 6.45) is 5.39. The van der Waals surface area contributed by atoms with Crippen molar-refractivity contribution in [2.45, 2.75) is 0 Å². The van der Waals surface area contributed by atoms with Crippen LogP contribution in [0.25, 0.3) is 16.8 Å². The zero-order valence-electron chi connectivity index (χ0n) is 13.0. The van der Waals surface area contributed by atoms with Crippen LogP contribution in [0.2, 0.25) is 0 Å². The number of rotatable bonds is 4. The van der Waals surface area contributed by atoms with E-state index < -0.39 is 0 Å². The summed E-state index contributed by atoms with van der Waals surface area (Å²) in [4.78, 5) is 8.84. The molecule has 24 heavy (non-hydrogen) atoms. The first-order chi connectivity index (χ1) is 11.8. The van der Waals surface area contributed by atoms with E-state index in [-0.39, 0.29) is 0 Å². The Labute approximate surface area is 138 Å². The number of pyridine rings is 1. The van der Waals surface area contributed by atoms with E-state index >= 15 is 0 Å². The monoisotopic (exact) mass is 316 g/mol. The lowest BCUT2D eigenvalue weighted by atomic mass is 10.1. The summed E-state index contributed by atoms with van der Waals surface area (Å²) in [5.74, 6) is 1.29. The molecule has 1 N–H and O–H groups in total. The van der Waals surface area contributed by atoms with E-state index in [4.69, 9.17) is 4.74 Å². The number of methoxy groups -OCH3 is 1. The van der Waals surface area contributed by atoms with E-state index in [1.54, 1.807) is 23.9 Å². The van der Waals surface area contributed by atoms with Crippen molar-refractivity contribution in [3.05, 3.63) is 67.1 Å². The largest absolute Gasteiger partial charge is 0.481 e. The Morgan fingerprint density at radius 3 is 2.88 bits per heavy atom. The summed E-state index contributed by atoms with van der Waals surface area (Å²) in [6.45, 7) is 0. The van der Waals surface area contributed by atoms with Gasteiger partial charge in [-0.3, -0.25) is 0 Å². The lowest BCUT2D eigenvalue weighted by Gasteiger charge is -2.07. The van der Waals surface area contributed by atoms with E-state index in [0.29, 0.717) is 5.88 Å². The molecule has 0 aliphatic rings. The summed E-state index contributed by atoms with van der Waals surface area (Å²) >= 11 is 0. The molecule has 0 fully saturated rings. The van der Waals surface area contributed by atoms with Gasteiger partial charge in [0.05, 0.1) is 25.2 Å². The Hall–Kier alpha value is -3.41. The first kappa shape index (κ1) is 14.2. The molecule has 4 aromatic rings. The van der Waals surface area contributed by atoms with E-state index in [0.717, 1.165) is 28.3 Å². The fourth-order valence-corrected chi connectivity index (χ4v) is 2.43. The van der Waals surface area contributed by atoms with Crippen LogP contribution < -0.4 is 10.1 Å². The minimum Gasteiger partial charge on any atom is -0.481 e. The van der Waals surface area contributed by atoms with Gasteiger partial charge in [-0.05, 0) is 29.8 Å². The maximum absolute atomic E-state index is 5.06. The minimum atomic E-state index is 0.572. The van der Waals surface area contributed by atoms with Crippen LogP contribution >= 0.6 is 0 Å². The van der Waals surface area contributed by atoms with Crippen molar-refractivity contribution in [2.24, 2.45) is 0 Å². The highest BCUT2D eigenvalue weighted by atomic mass is 16.5. The average Bonchev–Trinajstić information content (AvgIpc) is 3.06. The second-order valence-electron chi connectivity index (χ2n) is 5.15. The van der Waals surface area contributed by atoms with Gasteiger partial charge in [0, 0.05) is 17.8 Å². The first-order valence-electron chi connectivity index (χ1n) is 7.41. The number of nitrogens with one attached hydrogen (secondary N) is 1. The maximum atomic E-state index is 5.06. The summed E-state index contributed by atoms with van der Waals surface area (Å²) in [6, 6.07) is 16.4. The zero-order valence-corrected chi connectivity index (χ0v) is 13.0. The van der Waals surface area contributed by atoms with Crippen LogP contribution in [-0.2, 0) is 0 Å². The molecule has 3 heterocycles. The molecule has 4 rings (SSSR count).